The van der Waals surface area contributed by atoms with Crippen LogP contribution in [0.25, 0.3) is 0 Å². The van der Waals surface area contributed by atoms with Crippen molar-refractivity contribution < 1.29 is 8.42 Å². The van der Waals surface area contributed by atoms with Crippen molar-refractivity contribution in [2.45, 2.75) is 38.1 Å². The molecule has 0 N–H and O–H groups in total. The molecule has 0 fully saturated rings. The maximum absolute atomic E-state index is 11.3. The maximum atomic E-state index is 11.3. The molecule has 0 atom stereocenters. The van der Waals surface area contributed by atoms with E-state index in [9.17, 15) is 8.42 Å². The summed E-state index contributed by atoms with van der Waals surface area (Å²) in [6.45, 7) is 8.08. The van der Waals surface area contributed by atoms with Gasteiger partial charge in [0.15, 0.2) is 14.9 Å². The Kier molecular flexibility index (Phi) is 2.92. The molecule has 4 heteroatoms. The van der Waals surface area contributed by atoms with Gasteiger partial charge >= 0.3 is 0 Å². The summed E-state index contributed by atoms with van der Waals surface area (Å²) in [5.41, 5.74) is 1.85. The van der Waals surface area contributed by atoms with Crippen LogP contribution in [0.4, 0.5) is 0 Å². The lowest BCUT2D eigenvalue weighted by Gasteiger charge is -2.21. The van der Waals surface area contributed by atoms with Gasteiger partial charge in [-0.3, -0.25) is 0 Å². The van der Waals surface area contributed by atoms with E-state index in [1.165, 1.54) is 6.26 Å². The molecule has 0 saturated heterocycles. The summed E-state index contributed by atoms with van der Waals surface area (Å²) in [5, 5.41) is 0.146. The van der Waals surface area contributed by atoms with E-state index in [-0.39, 0.29) is 10.4 Å². The largest absolute Gasteiger partial charge is 0.241 e. The van der Waals surface area contributed by atoms with Crippen LogP contribution < -0.4 is 0 Å². The lowest BCUT2D eigenvalue weighted by molar-refractivity contribution is 0.575. The van der Waals surface area contributed by atoms with Crippen molar-refractivity contribution in [2.75, 3.05) is 6.26 Å². The predicted molar refractivity (Wildman–Crippen MR) is 60.8 cm³/mol. The molecular weight excluding hydrogens is 210 g/mol. The Bertz CT molecular complexity index is 470. The molecule has 0 amide bonds. The third kappa shape index (κ3) is 2.78. The number of sulfone groups is 1. The molecule has 0 radical (unpaired) electrons. The smallest absolute Gasteiger partial charge is 0.192 e. The zero-order valence-corrected chi connectivity index (χ0v) is 10.6. The van der Waals surface area contributed by atoms with Crippen LogP contribution in [-0.4, -0.2) is 19.7 Å². The quantitative estimate of drug-likeness (QED) is 0.738. The van der Waals surface area contributed by atoms with Crippen LogP contribution in [0.2, 0.25) is 0 Å². The Morgan fingerprint density at radius 3 is 2.07 bits per heavy atom. The van der Waals surface area contributed by atoms with Gasteiger partial charge in [-0.25, -0.2) is 13.4 Å². The molecule has 1 aromatic rings. The Hall–Kier alpha value is -0.900. The Morgan fingerprint density at radius 2 is 1.73 bits per heavy atom. The van der Waals surface area contributed by atoms with Crippen molar-refractivity contribution in [3.05, 3.63) is 23.4 Å². The first-order valence-electron chi connectivity index (χ1n) is 4.80. The van der Waals surface area contributed by atoms with Crippen LogP contribution in [0.3, 0.4) is 0 Å². The van der Waals surface area contributed by atoms with Gasteiger partial charge in [0.1, 0.15) is 0 Å². The van der Waals surface area contributed by atoms with E-state index >= 15 is 0 Å². The fraction of sp³-hybridized carbons (Fsp3) is 0.545. The first-order chi connectivity index (χ1) is 6.62. The summed E-state index contributed by atoms with van der Waals surface area (Å²) >= 11 is 0. The van der Waals surface area contributed by atoms with E-state index in [4.69, 9.17) is 0 Å². The number of pyridine rings is 1. The van der Waals surface area contributed by atoms with E-state index in [2.05, 4.69) is 25.8 Å². The van der Waals surface area contributed by atoms with Gasteiger partial charge < -0.3 is 0 Å². The van der Waals surface area contributed by atoms with Gasteiger partial charge in [-0.1, -0.05) is 26.8 Å². The van der Waals surface area contributed by atoms with Crippen LogP contribution in [0.5, 0.6) is 0 Å². The topological polar surface area (TPSA) is 47.0 Å². The summed E-state index contributed by atoms with van der Waals surface area (Å²) in [7, 11) is -3.20. The van der Waals surface area contributed by atoms with Gasteiger partial charge in [0.2, 0.25) is 0 Å². The second-order valence-corrected chi connectivity index (χ2v) is 6.77. The van der Waals surface area contributed by atoms with E-state index in [0.717, 1.165) is 11.3 Å². The molecule has 0 aromatic carbocycles. The molecule has 84 valence electrons. The van der Waals surface area contributed by atoms with Crippen molar-refractivity contribution in [1.82, 2.24) is 4.98 Å². The molecule has 0 aliphatic heterocycles. The standard InChI is InChI=1S/C11H17NO2S/c1-8-9(11(2,3)4)6-7-10(12-8)15(5,13)14/h6-7H,1-5H3. The van der Waals surface area contributed by atoms with Crippen molar-refractivity contribution in [2.24, 2.45) is 0 Å². The fourth-order valence-corrected chi connectivity index (χ4v) is 2.16. The van der Waals surface area contributed by atoms with Crippen molar-refractivity contribution in [3.63, 3.8) is 0 Å². The zero-order valence-electron chi connectivity index (χ0n) is 9.83. The molecular formula is C11H17NO2S. The third-order valence-electron chi connectivity index (χ3n) is 2.25. The number of aryl methyl sites for hydroxylation is 1. The SMILES string of the molecule is Cc1nc(S(C)(=O)=O)ccc1C(C)(C)C. The number of nitrogens with zero attached hydrogens (tertiary/aromatic N) is 1. The van der Waals surface area contributed by atoms with E-state index in [1.807, 2.05) is 13.0 Å². The molecule has 1 heterocycles. The van der Waals surface area contributed by atoms with Crippen LogP contribution in [0.15, 0.2) is 17.2 Å². The maximum Gasteiger partial charge on any atom is 0.192 e. The second kappa shape index (κ2) is 3.59. The molecule has 0 aliphatic rings. The van der Waals surface area contributed by atoms with Gasteiger partial charge in [-0.2, -0.15) is 0 Å². The Balaban J connectivity index is 3.34. The number of hydrogen-bond donors (Lipinski definition) is 0. The van der Waals surface area contributed by atoms with Gasteiger partial charge in [0, 0.05) is 11.9 Å². The van der Waals surface area contributed by atoms with Gasteiger partial charge in [-0.15, -0.1) is 0 Å². The first-order valence-corrected chi connectivity index (χ1v) is 6.70. The molecule has 1 aromatic heterocycles. The minimum atomic E-state index is -3.20. The summed E-state index contributed by atoms with van der Waals surface area (Å²) in [6.07, 6.45) is 1.17. The number of aromatic nitrogens is 1. The minimum absolute atomic E-state index is 0.00683. The molecule has 0 aliphatic carbocycles. The summed E-state index contributed by atoms with van der Waals surface area (Å²) in [4.78, 5) is 4.12. The summed E-state index contributed by atoms with van der Waals surface area (Å²) in [5.74, 6) is 0. The Morgan fingerprint density at radius 1 is 1.20 bits per heavy atom. The first kappa shape index (κ1) is 12.2. The predicted octanol–water partition coefficient (Wildman–Crippen LogP) is 2.09. The molecule has 0 saturated carbocycles. The molecule has 1 rings (SSSR count). The van der Waals surface area contributed by atoms with E-state index in [0.29, 0.717) is 0 Å². The number of rotatable bonds is 1. The minimum Gasteiger partial charge on any atom is -0.241 e. The molecule has 15 heavy (non-hydrogen) atoms. The van der Waals surface area contributed by atoms with Gasteiger partial charge in [0.05, 0.1) is 0 Å². The Labute approximate surface area is 91.5 Å². The number of hydrogen-bond acceptors (Lipinski definition) is 3. The van der Waals surface area contributed by atoms with Crippen LogP contribution in [0, 0.1) is 6.92 Å². The highest BCUT2D eigenvalue weighted by atomic mass is 32.2. The lowest BCUT2D eigenvalue weighted by atomic mass is 9.86. The molecule has 0 spiro atoms. The van der Waals surface area contributed by atoms with E-state index < -0.39 is 9.84 Å². The second-order valence-electron chi connectivity index (χ2n) is 4.80. The average molecular weight is 227 g/mol. The highest BCUT2D eigenvalue weighted by Crippen LogP contribution is 2.25. The van der Waals surface area contributed by atoms with Gasteiger partial charge in [-0.05, 0) is 24.0 Å². The fourth-order valence-electron chi connectivity index (χ4n) is 1.54. The van der Waals surface area contributed by atoms with Crippen molar-refractivity contribution >= 4 is 9.84 Å². The highest BCUT2D eigenvalue weighted by molar-refractivity contribution is 7.90. The average Bonchev–Trinajstić information content (AvgIpc) is 1.99. The van der Waals surface area contributed by atoms with Crippen LogP contribution in [-0.2, 0) is 15.3 Å². The van der Waals surface area contributed by atoms with Crippen LogP contribution >= 0.6 is 0 Å². The van der Waals surface area contributed by atoms with Crippen LogP contribution in [0.1, 0.15) is 32.0 Å². The molecule has 0 unspecified atom stereocenters. The monoisotopic (exact) mass is 227 g/mol. The van der Waals surface area contributed by atoms with Crippen molar-refractivity contribution in [3.8, 4) is 0 Å². The van der Waals surface area contributed by atoms with Crippen molar-refractivity contribution in [1.29, 1.82) is 0 Å². The summed E-state index contributed by atoms with van der Waals surface area (Å²) in [6, 6.07) is 3.42. The highest BCUT2D eigenvalue weighted by Gasteiger charge is 2.19. The summed E-state index contributed by atoms with van der Waals surface area (Å²) < 4.78 is 22.6. The zero-order chi connectivity index (χ0) is 11.9. The molecule has 0 bridgehead atoms. The molecule has 3 nitrogen and oxygen atoms in total. The normalized spacial score (nSPS) is 12.9. The van der Waals surface area contributed by atoms with Gasteiger partial charge in [0.25, 0.3) is 0 Å². The van der Waals surface area contributed by atoms with E-state index in [1.54, 1.807) is 6.07 Å². The lowest BCUT2D eigenvalue weighted by Crippen LogP contribution is -2.15. The third-order valence-corrected chi connectivity index (χ3v) is 3.24.